The van der Waals surface area contributed by atoms with E-state index < -0.39 is 5.60 Å². The number of carbonyl (C=O) groups excluding carboxylic acids is 1. The number of hydrogen-bond acceptors (Lipinski definition) is 4. The van der Waals surface area contributed by atoms with Gasteiger partial charge < -0.3 is 15.0 Å². The molecule has 34 heavy (non-hydrogen) atoms. The molecule has 7 nitrogen and oxygen atoms in total. The predicted octanol–water partition coefficient (Wildman–Crippen LogP) is 3.92. The Bertz CT molecular complexity index is 1290. The van der Waals surface area contributed by atoms with Crippen molar-refractivity contribution >= 4 is 5.91 Å². The van der Waals surface area contributed by atoms with Crippen LogP contribution in [0.4, 0.5) is 4.39 Å². The van der Waals surface area contributed by atoms with Gasteiger partial charge in [-0.2, -0.15) is 5.10 Å². The smallest absolute Gasteiger partial charge is 0.253 e. The number of nitrogens with one attached hydrogen (secondary N) is 1. The summed E-state index contributed by atoms with van der Waals surface area (Å²) in [4.78, 5) is 21.9. The first-order valence-electron chi connectivity index (χ1n) is 11.3. The van der Waals surface area contributed by atoms with Crippen molar-refractivity contribution < 1.29 is 14.3 Å². The molecule has 0 aliphatic carbocycles. The minimum Gasteiger partial charge on any atom is -0.389 e. The van der Waals surface area contributed by atoms with Crippen LogP contribution in [0.25, 0.3) is 16.9 Å². The highest BCUT2D eigenvalue weighted by atomic mass is 19.1. The summed E-state index contributed by atoms with van der Waals surface area (Å²) in [5, 5.41) is 15.7. The molecule has 2 aromatic heterocycles. The van der Waals surface area contributed by atoms with Crippen LogP contribution < -0.4 is 0 Å². The predicted molar refractivity (Wildman–Crippen MR) is 126 cm³/mol. The van der Waals surface area contributed by atoms with Gasteiger partial charge in [0.1, 0.15) is 11.6 Å². The number of halogens is 1. The van der Waals surface area contributed by atoms with Crippen molar-refractivity contribution in [3.05, 3.63) is 89.9 Å². The Balaban J connectivity index is 1.26. The van der Waals surface area contributed by atoms with Gasteiger partial charge in [-0.05, 0) is 67.8 Å². The first-order valence-corrected chi connectivity index (χ1v) is 11.3. The lowest BCUT2D eigenvalue weighted by atomic mass is 9.86. The number of aromatic amines is 1. The molecule has 1 amide bonds. The summed E-state index contributed by atoms with van der Waals surface area (Å²) < 4.78 is 15.0. The Hall–Kier alpha value is -3.78. The maximum Gasteiger partial charge on any atom is 0.253 e. The van der Waals surface area contributed by atoms with Gasteiger partial charge in [-0.3, -0.25) is 4.79 Å². The van der Waals surface area contributed by atoms with Crippen LogP contribution in [0.5, 0.6) is 0 Å². The highest BCUT2D eigenvalue weighted by Crippen LogP contribution is 2.28. The van der Waals surface area contributed by atoms with Crippen molar-refractivity contribution in [2.75, 3.05) is 13.1 Å². The van der Waals surface area contributed by atoms with Crippen LogP contribution in [0.2, 0.25) is 0 Å². The molecule has 1 aliphatic heterocycles. The molecule has 0 unspecified atom stereocenters. The second-order valence-electron chi connectivity index (χ2n) is 8.86. The molecule has 3 heterocycles. The van der Waals surface area contributed by atoms with Crippen molar-refractivity contribution in [2.24, 2.45) is 0 Å². The summed E-state index contributed by atoms with van der Waals surface area (Å²) in [7, 11) is 0. The van der Waals surface area contributed by atoms with Gasteiger partial charge in [0.05, 0.1) is 23.2 Å². The lowest BCUT2D eigenvalue weighted by Crippen LogP contribution is -2.48. The van der Waals surface area contributed by atoms with E-state index in [0.717, 1.165) is 28.5 Å². The number of carbonyl (C=O) groups is 1. The number of benzene rings is 2. The number of aryl methyl sites for hydroxylation is 1. The third-order valence-electron chi connectivity index (χ3n) is 6.43. The Morgan fingerprint density at radius 3 is 2.44 bits per heavy atom. The van der Waals surface area contributed by atoms with Crippen LogP contribution >= 0.6 is 0 Å². The van der Waals surface area contributed by atoms with Gasteiger partial charge >= 0.3 is 0 Å². The zero-order valence-electron chi connectivity index (χ0n) is 18.9. The average Bonchev–Trinajstić information content (AvgIpc) is 3.48. The van der Waals surface area contributed by atoms with Crippen molar-refractivity contribution in [3.8, 4) is 16.9 Å². The van der Waals surface area contributed by atoms with Crippen LogP contribution in [-0.2, 0) is 6.42 Å². The zero-order valence-corrected chi connectivity index (χ0v) is 18.9. The van der Waals surface area contributed by atoms with Gasteiger partial charge in [0, 0.05) is 37.0 Å². The monoisotopic (exact) mass is 459 g/mol. The number of likely N-dealkylation sites (tertiary alicyclic amines) is 1. The zero-order chi connectivity index (χ0) is 23.7. The number of H-pyrrole nitrogens is 1. The first kappa shape index (κ1) is 22.0. The molecular weight excluding hydrogens is 433 g/mol. The average molecular weight is 460 g/mol. The first-order chi connectivity index (χ1) is 16.4. The van der Waals surface area contributed by atoms with Gasteiger partial charge in [0.25, 0.3) is 5.91 Å². The van der Waals surface area contributed by atoms with E-state index in [0.29, 0.717) is 37.9 Å². The Morgan fingerprint density at radius 2 is 1.79 bits per heavy atom. The van der Waals surface area contributed by atoms with Crippen molar-refractivity contribution in [1.29, 1.82) is 0 Å². The molecule has 5 rings (SSSR count). The number of hydrogen-bond donors (Lipinski definition) is 2. The standard InChI is InChI=1S/C26H26FN5O2/c1-18-28-17-24(30-18)19-4-8-22(9-5-19)32-23(10-13-29-32)16-26(34)11-14-31(15-12-26)25(33)20-2-6-21(27)7-3-20/h2-10,13,17,34H,11-12,14-16H2,1H3,(H,28,30). The van der Waals surface area contributed by atoms with E-state index >= 15 is 0 Å². The number of rotatable bonds is 5. The minimum absolute atomic E-state index is 0.139. The number of aliphatic hydroxyl groups is 1. The van der Waals surface area contributed by atoms with E-state index in [9.17, 15) is 14.3 Å². The third kappa shape index (κ3) is 4.49. The number of piperidine rings is 1. The maximum atomic E-state index is 13.2. The second-order valence-corrected chi connectivity index (χ2v) is 8.86. The van der Waals surface area contributed by atoms with Crippen LogP contribution in [0.3, 0.4) is 0 Å². The number of imidazole rings is 1. The second kappa shape index (κ2) is 8.87. The topological polar surface area (TPSA) is 87.0 Å². The van der Waals surface area contributed by atoms with Gasteiger partial charge in [-0.1, -0.05) is 12.1 Å². The fourth-order valence-corrected chi connectivity index (χ4v) is 4.46. The molecule has 2 N–H and O–H groups in total. The van der Waals surface area contributed by atoms with Crippen LogP contribution in [0, 0.1) is 12.7 Å². The van der Waals surface area contributed by atoms with Crippen molar-refractivity contribution in [3.63, 3.8) is 0 Å². The van der Waals surface area contributed by atoms with E-state index in [2.05, 4.69) is 15.1 Å². The van der Waals surface area contributed by atoms with Gasteiger partial charge in [0.2, 0.25) is 0 Å². The van der Waals surface area contributed by atoms with E-state index in [1.165, 1.54) is 24.3 Å². The van der Waals surface area contributed by atoms with Crippen molar-refractivity contribution in [2.45, 2.75) is 31.8 Å². The van der Waals surface area contributed by atoms with E-state index in [1.807, 2.05) is 48.1 Å². The molecule has 0 spiro atoms. The highest BCUT2D eigenvalue weighted by Gasteiger charge is 2.35. The van der Waals surface area contributed by atoms with E-state index in [-0.39, 0.29) is 11.7 Å². The van der Waals surface area contributed by atoms with Gasteiger partial charge in [-0.15, -0.1) is 0 Å². The molecule has 174 valence electrons. The summed E-state index contributed by atoms with van der Waals surface area (Å²) in [6.45, 7) is 2.81. The lowest BCUT2D eigenvalue weighted by molar-refractivity contribution is -0.0172. The highest BCUT2D eigenvalue weighted by molar-refractivity contribution is 5.94. The summed E-state index contributed by atoms with van der Waals surface area (Å²) in [6.07, 6.45) is 4.91. The number of amides is 1. The molecule has 1 fully saturated rings. The lowest BCUT2D eigenvalue weighted by Gasteiger charge is -2.38. The Labute approximate surface area is 196 Å². The molecule has 1 saturated heterocycles. The molecule has 0 saturated carbocycles. The maximum absolute atomic E-state index is 13.2. The molecule has 4 aromatic rings. The van der Waals surface area contributed by atoms with Gasteiger partial charge in [0.15, 0.2) is 0 Å². The third-order valence-corrected chi connectivity index (χ3v) is 6.43. The van der Waals surface area contributed by atoms with Crippen molar-refractivity contribution in [1.82, 2.24) is 24.6 Å². The van der Waals surface area contributed by atoms with Crippen LogP contribution in [0.1, 0.15) is 34.7 Å². The fourth-order valence-electron chi connectivity index (χ4n) is 4.46. The molecule has 2 aromatic carbocycles. The minimum atomic E-state index is -0.926. The molecule has 0 bridgehead atoms. The summed E-state index contributed by atoms with van der Waals surface area (Å²) in [6, 6.07) is 15.5. The van der Waals surface area contributed by atoms with Gasteiger partial charge in [-0.25, -0.2) is 14.1 Å². The largest absolute Gasteiger partial charge is 0.389 e. The van der Waals surface area contributed by atoms with Crippen LogP contribution in [0.15, 0.2) is 67.0 Å². The Morgan fingerprint density at radius 1 is 1.09 bits per heavy atom. The summed E-state index contributed by atoms with van der Waals surface area (Å²) in [5.41, 5.74) is 3.35. The number of nitrogens with zero attached hydrogens (tertiary/aromatic N) is 4. The molecular formula is C26H26FN5O2. The molecule has 8 heteroatoms. The van der Waals surface area contributed by atoms with E-state index in [4.69, 9.17) is 0 Å². The Kier molecular flexibility index (Phi) is 5.75. The molecule has 0 radical (unpaired) electrons. The quantitative estimate of drug-likeness (QED) is 0.474. The number of aromatic nitrogens is 4. The summed E-state index contributed by atoms with van der Waals surface area (Å²) in [5.74, 6) is 0.360. The molecule has 0 atom stereocenters. The van der Waals surface area contributed by atoms with Crippen LogP contribution in [-0.4, -0.2) is 54.4 Å². The van der Waals surface area contributed by atoms with E-state index in [1.54, 1.807) is 11.1 Å². The SMILES string of the molecule is Cc1ncc(-c2ccc(-n3nccc3CC3(O)CCN(C(=O)c4ccc(F)cc4)CC3)cc2)[nH]1. The normalized spacial score (nSPS) is 15.4. The fraction of sp³-hybridized carbons (Fsp3) is 0.269. The summed E-state index contributed by atoms with van der Waals surface area (Å²) >= 11 is 0. The molecule has 1 aliphatic rings.